The van der Waals surface area contributed by atoms with E-state index in [2.05, 4.69) is 34.8 Å². The molecule has 1 saturated heterocycles. The van der Waals surface area contributed by atoms with Crippen molar-refractivity contribution in [3.63, 3.8) is 0 Å². The van der Waals surface area contributed by atoms with Gasteiger partial charge in [0.05, 0.1) is 12.7 Å². The van der Waals surface area contributed by atoms with E-state index in [-0.39, 0.29) is 17.9 Å². The summed E-state index contributed by atoms with van der Waals surface area (Å²) < 4.78 is 5.84. The minimum absolute atomic E-state index is 0.0494. The number of carbonyl (C=O) groups is 2. The summed E-state index contributed by atoms with van der Waals surface area (Å²) in [6.07, 6.45) is 5.40. The van der Waals surface area contributed by atoms with Crippen LogP contribution in [0.4, 0.5) is 0 Å². The molecule has 1 aromatic rings. The Bertz CT molecular complexity index is 645. The fraction of sp³-hybridized carbons (Fsp3) is 0.550. The second-order valence-electron chi connectivity index (χ2n) is 6.92. The Labute approximate surface area is 154 Å². The molecular formula is C20H27N3O3. The van der Waals surface area contributed by atoms with Gasteiger partial charge in [0.25, 0.3) is 0 Å². The average molecular weight is 357 g/mol. The predicted octanol–water partition coefficient (Wildman–Crippen LogP) is 2.28. The first-order valence-corrected chi connectivity index (χ1v) is 9.48. The van der Waals surface area contributed by atoms with Crippen molar-refractivity contribution in [2.45, 2.75) is 51.0 Å². The van der Waals surface area contributed by atoms with Crippen LogP contribution in [0.25, 0.3) is 0 Å². The number of benzene rings is 1. The van der Waals surface area contributed by atoms with Gasteiger partial charge in [0.1, 0.15) is 0 Å². The molecule has 1 fully saturated rings. The van der Waals surface area contributed by atoms with Crippen LogP contribution in [0.15, 0.2) is 35.4 Å². The van der Waals surface area contributed by atoms with Gasteiger partial charge in [0.2, 0.25) is 11.8 Å². The third-order valence-corrected chi connectivity index (χ3v) is 4.93. The van der Waals surface area contributed by atoms with Crippen LogP contribution in [0, 0.1) is 0 Å². The molecule has 1 N–H and O–H groups in total. The standard InChI is InChI=1S/C20H27N3O3/c24-19-11-9-17(21-22-19)10-12-20(25)23-13-14-26-18(15-23)8-4-7-16-5-2-1-3-6-16/h1-3,5-6,18H,4,7-15H2,(H,22,24)/t18-/m0/s1. The van der Waals surface area contributed by atoms with E-state index in [4.69, 9.17) is 4.74 Å². The topological polar surface area (TPSA) is 71.0 Å². The van der Waals surface area contributed by atoms with Crippen LogP contribution < -0.4 is 5.43 Å². The van der Waals surface area contributed by atoms with Crippen molar-refractivity contribution >= 4 is 17.5 Å². The van der Waals surface area contributed by atoms with Crippen molar-refractivity contribution in [3.8, 4) is 0 Å². The summed E-state index contributed by atoms with van der Waals surface area (Å²) in [4.78, 5) is 25.5. The summed E-state index contributed by atoms with van der Waals surface area (Å²) in [6.45, 7) is 1.95. The lowest BCUT2D eigenvalue weighted by Crippen LogP contribution is -2.45. The van der Waals surface area contributed by atoms with Gasteiger partial charge in [-0.25, -0.2) is 5.43 Å². The minimum atomic E-state index is -0.0494. The lowest BCUT2D eigenvalue weighted by Gasteiger charge is -2.33. The molecule has 140 valence electrons. The van der Waals surface area contributed by atoms with E-state index in [1.165, 1.54) is 5.56 Å². The quantitative estimate of drug-likeness (QED) is 0.814. The van der Waals surface area contributed by atoms with E-state index in [0.717, 1.165) is 25.0 Å². The van der Waals surface area contributed by atoms with Crippen LogP contribution in [0.1, 0.15) is 44.1 Å². The zero-order valence-electron chi connectivity index (χ0n) is 15.2. The molecule has 0 saturated carbocycles. The number of morpholine rings is 1. The van der Waals surface area contributed by atoms with Gasteiger partial charge in [-0.05, 0) is 37.7 Å². The van der Waals surface area contributed by atoms with Gasteiger partial charge in [-0.15, -0.1) is 0 Å². The highest BCUT2D eigenvalue weighted by atomic mass is 16.5. The van der Waals surface area contributed by atoms with E-state index in [1.54, 1.807) is 0 Å². The molecule has 26 heavy (non-hydrogen) atoms. The van der Waals surface area contributed by atoms with Gasteiger partial charge in [-0.2, -0.15) is 5.10 Å². The zero-order valence-corrected chi connectivity index (χ0v) is 15.2. The Hall–Kier alpha value is -2.21. The Morgan fingerprint density at radius 2 is 2.08 bits per heavy atom. The van der Waals surface area contributed by atoms with Crippen LogP contribution in [0.2, 0.25) is 0 Å². The zero-order chi connectivity index (χ0) is 18.2. The first-order valence-electron chi connectivity index (χ1n) is 9.48. The molecule has 1 atom stereocenters. The Morgan fingerprint density at radius 3 is 2.85 bits per heavy atom. The van der Waals surface area contributed by atoms with Gasteiger partial charge in [0.15, 0.2) is 0 Å². The molecule has 0 aliphatic carbocycles. The first-order chi connectivity index (χ1) is 12.7. The number of hydrogen-bond donors (Lipinski definition) is 1. The molecule has 1 aromatic carbocycles. The van der Waals surface area contributed by atoms with E-state index in [1.807, 2.05) is 11.0 Å². The summed E-state index contributed by atoms with van der Waals surface area (Å²) in [5.41, 5.74) is 4.74. The second-order valence-corrected chi connectivity index (χ2v) is 6.92. The fourth-order valence-corrected chi connectivity index (χ4v) is 3.40. The van der Waals surface area contributed by atoms with E-state index in [0.29, 0.717) is 45.4 Å². The number of hydrazone groups is 1. The Balaban J connectivity index is 1.38. The van der Waals surface area contributed by atoms with Crippen molar-refractivity contribution in [3.05, 3.63) is 35.9 Å². The SMILES string of the molecule is O=C1CCC(CCC(=O)N2CCO[C@@H](CCCc3ccccc3)C2)=NN1. The molecule has 0 spiro atoms. The number of ether oxygens (including phenoxy) is 1. The third kappa shape index (κ3) is 5.66. The number of carbonyl (C=O) groups excluding carboxylic acids is 2. The monoisotopic (exact) mass is 357 g/mol. The highest BCUT2D eigenvalue weighted by molar-refractivity contribution is 5.94. The highest BCUT2D eigenvalue weighted by Gasteiger charge is 2.24. The van der Waals surface area contributed by atoms with Crippen LogP contribution in [-0.4, -0.2) is 48.2 Å². The summed E-state index contributed by atoms with van der Waals surface area (Å²) >= 11 is 0. The molecule has 2 heterocycles. The summed E-state index contributed by atoms with van der Waals surface area (Å²) in [5.74, 6) is 0.104. The van der Waals surface area contributed by atoms with Gasteiger partial charge < -0.3 is 9.64 Å². The Kier molecular flexibility index (Phi) is 6.77. The molecule has 6 nitrogen and oxygen atoms in total. The molecule has 6 heteroatoms. The van der Waals surface area contributed by atoms with E-state index >= 15 is 0 Å². The minimum Gasteiger partial charge on any atom is -0.375 e. The summed E-state index contributed by atoms with van der Waals surface area (Å²) in [6, 6.07) is 10.5. The lowest BCUT2D eigenvalue weighted by atomic mass is 10.0. The normalized spacial score (nSPS) is 20.5. The molecule has 2 aliphatic rings. The maximum absolute atomic E-state index is 12.5. The van der Waals surface area contributed by atoms with Crippen molar-refractivity contribution in [2.75, 3.05) is 19.7 Å². The second kappa shape index (κ2) is 9.48. The number of hydrogen-bond acceptors (Lipinski definition) is 4. The summed E-state index contributed by atoms with van der Waals surface area (Å²) in [7, 11) is 0. The smallest absolute Gasteiger partial charge is 0.240 e. The molecule has 0 aromatic heterocycles. The molecule has 3 rings (SSSR count). The molecule has 0 bridgehead atoms. The molecule has 0 radical (unpaired) electrons. The number of amides is 2. The van der Waals surface area contributed by atoms with Crippen LogP contribution in [0.5, 0.6) is 0 Å². The Morgan fingerprint density at radius 1 is 1.23 bits per heavy atom. The van der Waals surface area contributed by atoms with Gasteiger partial charge in [0, 0.05) is 31.6 Å². The maximum Gasteiger partial charge on any atom is 0.240 e. The van der Waals surface area contributed by atoms with Crippen LogP contribution in [0.3, 0.4) is 0 Å². The van der Waals surface area contributed by atoms with E-state index < -0.39 is 0 Å². The van der Waals surface area contributed by atoms with E-state index in [9.17, 15) is 9.59 Å². The van der Waals surface area contributed by atoms with Crippen molar-refractivity contribution < 1.29 is 14.3 Å². The number of nitrogens with one attached hydrogen (secondary N) is 1. The number of aryl methyl sites for hydroxylation is 1. The fourth-order valence-electron chi connectivity index (χ4n) is 3.40. The first kappa shape index (κ1) is 18.6. The highest BCUT2D eigenvalue weighted by Crippen LogP contribution is 2.15. The lowest BCUT2D eigenvalue weighted by molar-refractivity contribution is -0.138. The van der Waals surface area contributed by atoms with Crippen LogP contribution in [-0.2, 0) is 20.7 Å². The van der Waals surface area contributed by atoms with Gasteiger partial charge >= 0.3 is 0 Å². The largest absolute Gasteiger partial charge is 0.375 e. The number of rotatable bonds is 7. The maximum atomic E-state index is 12.5. The van der Waals surface area contributed by atoms with Gasteiger partial charge in [-0.3, -0.25) is 9.59 Å². The summed E-state index contributed by atoms with van der Waals surface area (Å²) in [5, 5.41) is 4.03. The van der Waals surface area contributed by atoms with Gasteiger partial charge in [-0.1, -0.05) is 30.3 Å². The van der Waals surface area contributed by atoms with Crippen molar-refractivity contribution in [2.24, 2.45) is 5.10 Å². The van der Waals surface area contributed by atoms with Crippen molar-refractivity contribution in [1.29, 1.82) is 0 Å². The molecular weight excluding hydrogens is 330 g/mol. The van der Waals surface area contributed by atoms with Crippen LogP contribution >= 0.6 is 0 Å². The molecule has 0 unspecified atom stereocenters. The van der Waals surface area contributed by atoms with Crippen molar-refractivity contribution in [1.82, 2.24) is 10.3 Å². The molecule has 2 aliphatic heterocycles. The molecule has 2 amide bonds. The predicted molar refractivity (Wildman–Crippen MR) is 99.7 cm³/mol. The number of nitrogens with zero attached hydrogens (tertiary/aromatic N) is 2. The third-order valence-electron chi connectivity index (χ3n) is 4.93. The average Bonchev–Trinajstić information content (AvgIpc) is 2.68.